The van der Waals surface area contributed by atoms with Gasteiger partial charge in [-0.1, -0.05) is 6.92 Å². The molecule has 0 radical (unpaired) electrons. The van der Waals surface area contributed by atoms with E-state index in [1.807, 2.05) is 6.92 Å². The molecule has 4 heterocycles. The molecule has 0 aliphatic carbocycles. The van der Waals surface area contributed by atoms with E-state index in [9.17, 15) is 0 Å². The Morgan fingerprint density at radius 2 is 2.26 bits per heavy atom. The van der Waals surface area contributed by atoms with E-state index >= 15 is 0 Å². The molecule has 1 saturated heterocycles. The zero-order valence-electron chi connectivity index (χ0n) is 13.2. The van der Waals surface area contributed by atoms with Crippen LogP contribution in [0.25, 0.3) is 17.2 Å². The van der Waals surface area contributed by atoms with Crippen molar-refractivity contribution in [1.29, 1.82) is 0 Å². The molecule has 1 unspecified atom stereocenters. The van der Waals surface area contributed by atoms with Crippen molar-refractivity contribution >= 4 is 11.6 Å². The molecule has 3 aromatic rings. The average molecular weight is 313 g/mol. The summed E-state index contributed by atoms with van der Waals surface area (Å²) in [6.07, 6.45) is 4.18. The minimum Gasteiger partial charge on any atom is -0.443 e. The second-order valence-electron chi connectivity index (χ2n) is 5.87. The average Bonchev–Trinajstić information content (AvgIpc) is 3.30. The smallest absolute Gasteiger partial charge is 0.245 e. The van der Waals surface area contributed by atoms with Crippen LogP contribution in [-0.4, -0.2) is 49.1 Å². The number of oxazole rings is 1. The van der Waals surface area contributed by atoms with E-state index < -0.39 is 0 Å². The maximum atomic E-state index is 6.07. The summed E-state index contributed by atoms with van der Waals surface area (Å²) in [7, 11) is 0. The number of hydrogen-bond acceptors (Lipinski definition) is 7. The van der Waals surface area contributed by atoms with Gasteiger partial charge in [0.2, 0.25) is 11.8 Å². The summed E-state index contributed by atoms with van der Waals surface area (Å²) in [6.45, 7) is 7.25. The summed E-state index contributed by atoms with van der Waals surface area (Å²) >= 11 is 0. The maximum Gasteiger partial charge on any atom is 0.245 e. The number of aryl methyl sites for hydroxylation is 1. The number of nitrogens with zero attached hydrogens (tertiary/aromatic N) is 6. The Balaban J connectivity index is 1.80. The highest BCUT2D eigenvalue weighted by molar-refractivity contribution is 5.65. The van der Waals surface area contributed by atoms with Gasteiger partial charge in [0, 0.05) is 18.0 Å². The summed E-state index contributed by atoms with van der Waals surface area (Å²) in [5.41, 5.74) is 8.26. The van der Waals surface area contributed by atoms with Crippen LogP contribution in [0.3, 0.4) is 0 Å². The van der Waals surface area contributed by atoms with Gasteiger partial charge in [-0.05, 0) is 26.4 Å². The highest BCUT2D eigenvalue weighted by atomic mass is 16.3. The lowest BCUT2D eigenvalue weighted by Crippen LogP contribution is -2.19. The van der Waals surface area contributed by atoms with Crippen LogP contribution in [0.1, 0.15) is 30.7 Å². The highest BCUT2D eigenvalue weighted by Gasteiger charge is 2.27. The number of nitrogens with two attached hydrogens (primary N) is 1. The molecular weight excluding hydrogens is 294 g/mol. The van der Waals surface area contributed by atoms with Crippen LogP contribution in [-0.2, 0) is 0 Å². The molecule has 4 rings (SSSR count). The lowest BCUT2D eigenvalue weighted by atomic mass is 10.1. The molecule has 0 amide bonds. The van der Waals surface area contributed by atoms with E-state index in [1.165, 1.54) is 6.26 Å². The zero-order chi connectivity index (χ0) is 16.0. The van der Waals surface area contributed by atoms with Crippen LogP contribution in [0.2, 0.25) is 0 Å². The fourth-order valence-electron chi connectivity index (χ4n) is 3.13. The first-order valence-corrected chi connectivity index (χ1v) is 7.82. The molecule has 1 aliphatic rings. The zero-order valence-corrected chi connectivity index (χ0v) is 13.2. The molecule has 2 N–H and O–H groups in total. The van der Waals surface area contributed by atoms with E-state index in [2.05, 4.69) is 26.9 Å². The molecule has 1 atom stereocenters. The van der Waals surface area contributed by atoms with Gasteiger partial charge in [0.15, 0.2) is 11.5 Å². The third-order valence-corrected chi connectivity index (χ3v) is 4.48. The normalized spacial score (nSPS) is 19.0. The summed E-state index contributed by atoms with van der Waals surface area (Å²) in [5.74, 6) is 1.92. The van der Waals surface area contributed by atoms with Crippen molar-refractivity contribution in [1.82, 2.24) is 29.5 Å². The molecular formula is C15H19N7O. The summed E-state index contributed by atoms with van der Waals surface area (Å²) in [5, 5.41) is 4.59. The Morgan fingerprint density at radius 1 is 1.39 bits per heavy atom. The van der Waals surface area contributed by atoms with E-state index in [-0.39, 0.29) is 0 Å². The SMILES string of the molecule is CCN1CCC(c2nc3c(C)c(-c4ncco4)nc(N)n3n2)C1. The molecule has 0 saturated carbocycles. The van der Waals surface area contributed by atoms with Crippen molar-refractivity contribution in [3.63, 3.8) is 0 Å². The van der Waals surface area contributed by atoms with Crippen LogP contribution < -0.4 is 5.73 Å². The van der Waals surface area contributed by atoms with Crippen molar-refractivity contribution in [2.75, 3.05) is 25.4 Å². The molecule has 120 valence electrons. The second kappa shape index (κ2) is 5.31. The van der Waals surface area contributed by atoms with Crippen LogP contribution >= 0.6 is 0 Å². The summed E-state index contributed by atoms with van der Waals surface area (Å²) in [4.78, 5) is 15.7. The topological polar surface area (TPSA) is 98.4 Å². The van der Waals surface area contributed by atoms with Gasteiger partial charge in [0.1, 0.15) is 12.0 Å². The van der Waals surface area contributed by atoms with Crippen LogP contribution in [0.5, 0.6) is 0 Å². The minimum absolute atomic E-state index is 0.294. The van der Waals surface area contributed by atoms with Crippen molar-refractivity contribution in [2.45, 2.75) is 26.2 Å². The Bertz CT molecular complexity index is 839. The van der Waals surface area contributed by atoms with Gasteiger partial charge in [-0.25, -0.2) is 15.0 Å². The minimum atomic E-state index is 0.294. The standard InChI is InChI=1S/C15H19N7O/c1-3-21-6-4-10(8-21)12-19-13-9(2)11(14-17-5-7-23-14)18-15(16)22(13)20-12/h5,7,10H,3-4,6,8H2,1-2H3,(H2,16,18). The second-order valence-corrected chi connectivity index (χ2v) is 5.87. The number of anilines is 1. The van der Waals surface area contributed by atoms with E-state index in [0.29, 0.717) is 23.5 Å². The molecule has 8 heteroatoms. The molecule has 23 heavy (non-hydrogen) atoms. The predicted molar refractivity (Wildman–Crippen MR) is 84.9 cm³/mol. The molecule has 0 aromatic carbocycles. The maximum absolute atomic E-state index is 6.07. The molecule has 8 nitrogen and oxygen atoms in total. The number of rotatable bonds is 3. The summed E-state index contributed by atoms with van der Waals surface area (Å²) < 4.78 is 6.96. The van der Waals surface area contributed by atoms with Crippen LogP contribution in [0, 0.1) is 6.92 Å². The number of aromatic nitrogens is 5. The Labute approximate surface area is 133 Å². The molecule has 0 bridgehead atoms. The van der Waals surface area contributed by atoms with Gasteiger partial charge in [0.25, 0.3) is 0 Å². The first kappa shape index (κ1) is 14.1. The van der Waals surface area contributed by atoms with Crippen molar-refractivity contribution in [3.8, 4) is 11.6 Å². The number of likely N-dealkylation sites (tertiary alicyclic amines) is 1. The van der Waals surface area contributed by atoms with Crippen molar-refractivity contribution in [2.24, 2.45) is 0 Å². The van der Waals surface area contributed by atoms with Crippen molar-refractivity contribution < 1.29 is 4.42 Å². The van der Waals surface area contributed by atoms with Gasteiger partial charge >= 0.3 is 0 Å². The molecule has 1 fully saturated rings. The van der Waals surface area contributed by atoms with E-state index in [1.54, 1.807) is 10.7 Å². The quantitative estimate of drug-likeness (QED) is 0.782. The van der Waals surface area contributed by atoms with E-state index in [0.717, 1.165) is 43.1 Å². The molecule has 0 spiro atoms. The van der Waals surface area contributed by atoms with Gasteiger partial charge in [0.05, 0.1) is 6.20 Å². The largest absolute Gasteiger partial charge is 0.443 e. The number of fused-ring (bicyclic) bond motifs is 1. The first-order valence-electron chi connectivity index (χ1n) is 7.82. The number of likely N-dealkylation sites (N-methyl/N-ethyl adjacent to an activating group) is 1. The van der Waals surface area contributed by atoms with Gasteiger partial charge in [-0.2, -0.15) is 4.52 Å². The molecule has 1 aliphatic heterocycles. The highest BCUT2D eigenvalue weighted by Crippen LogP contribution is 2.28. The molecule has 3 aromatic heterocycles. The Kier molecular flexibility index (Phi) is 3.26. The first-order chi connectivity index (χ1) is 11.2. The Morgan fingerprint density at radius 3 is 2.96 bits per heavy atom. The third kappa shape index (κ3) is 2.26. The van der Waals surface area contributed by atoms with Crippen molar-refractivity contribution in [3.05, 3.63) is 23.8 Å². The van der Waals surface area contributed by atoms with Crippen LogP contribution in [0.15, 0.2) is 16.9 Å². The summed E-state index contributed by atoms with van der Waals surface area (Å²) in [6, 6.07) is 0. The monoisotopic (exact) mass is 313 g/mol. The lowest BCUT2D eigenvalue weighted by Gasteiger charge is -2.10. The number of hydrogen-bond donors (Lipinski definition) is 1. The lowest BCUT2D eigenvalue weighted by molar-refractivity contribution is 0.352. The fourth-order valence-corrected chi connectivity index (χ4v) is 3.13. The Hall–Kier alpha value is -2.48. The fraction of sp³-hybridized carbons (Fsp3) is 0.467. The van der Waals surface area contributed by atoms with Gasteiger partial charge in [-0.3, -0.25) is 0 Å². The van der Waals surface area contributed by atoms with E-state index in [4.69, 9.17) is 15.1 Å². The van der Waals surface area contributed by atoms with Gasteiger partial charge in [-0.15, -0.1) is 5.10 Å². The van der Waals surface area contributed by atoms with Crippen LogP contribution in [0.4, 0.5) is 5.95 Å². The van der Waals surface area contributed by atoms with Gasteiger partial charge < -0.3 is 15.1 Å². The number of nitrogen functional groups attached to an aromatic ring is 1. The predicted octanol–water partition coefficient (Wildman–Crippen LogP) is 1.48. The third-order valence-electron chi connectivity index (χ3n) is 4.48.